The van der Waals surface area contributed by atoms with Crippen molar-refractivity contribution in [1.29, 1.82) is 0 Å². The van der Waals surface area contributed by atoms with Crippen molar-refractivity contribution in [2.24, 2.45) is 7.05 Å². The molecule has 0 saturated heterocycles. The molecule has 2 amide bonds. The van der Waals surface area contributed by atoms with Crippen LogP contribution in [0, 0.1) is 6.92 Å². The van der Waals surface area contributed by atoms with E-state index >= 15 is 0 Å². The van der Waals surface area contributed by atoms with Gasteiger partial charge in [0.05, 0.1) is 6.04 Å². The number of aromatic nitrogens is 1. The second kappa shape index (κ2) is 8.99. The Balaban J connectivity index is 1.42. The minimum absolute atomic E-state index is 0.00145. The van der Waals surface area contributed by atoms with E-state index < -0.39 is 0 Å². The number of carbonyl (C=O) groups is 2. The van der Waals surface area contributed by atoms with E-state index in [1.807, 2.05) is 67.7 Å². The number of carbonyl (C=O) groups excluding carboxylic acids is 2. The molecule has 6 heteroatoms. The monoisotopic (exact) mass is 471 g/mol. The molecular formula is C28H26ClN3O2. The predicted molar refractivity (Wildman–Crippen MR) is 135 cm³/mol. The average molecular weight is 472 g/mol. The standard InChI is InChI=1S/C28H26ClN3O2/c1-18-26(23-9-5-6-10-24(23)31(18)2)27-21-7-3-4-8-22(21)28(34)32(27)17-25(33)30-16-15-19-11-13-20(29)14-12-19/h3-14,27H,15-17H2,1-2H3,(H,30,33)/t27-/m1/s1. The van der Waals surface area contributed by atoms with E-state index in [0.717, 1.165) is 33.3 Å². The van der Waals surface area contributed by atoms with Crippen molar-refractivity contribution < 1.29 is 9.59 Å². The summed E-state index contributed by atoms with van der Waals surface area (Å²) >= 11 is 5.95. The molecule has 0 radical (unpaired) electrons. The molecule has 0 saturated carbocycles. The second-order valence-electron chi connectivity index (χ2n) is 8.72. The Morgan fingerprint density at radius 1 is 1.00 bits per heavy atom. The van der Waals surface area contributed by atoms with Crippen molar-refractivity contribution in [3.63, 3.8) is 0 Å². The molecule has 0 fully saturated rings. The highest BCUT2D eigenvalue weighted by molar-refractivity contribution is 6.30. The molecule has 0 bridgehead atoms. The number of rotatable bonds is 6. The first-order chi connectivity index (χ1) is 16.5. The summed E-state index contributed by atoms with van der Waals surface area (Å²) in [6, 6.07) is 23.2. The van der Waals surface area contributed by atoms with Gasteiger partial charge in [-0.3, -0.25) is 9.59 Å². The first-order valence-electron chi connectivity index (χ1n) is 11.4. The number of hydrogen-bond donors (Lipinski definition) is 1. The minimum atomic E-state index is -0.309. The molecule has 1 N–H and O–H groups in total. The van der Waals surface area contributed by atoms with Gasteiger partial charge in [0.15, 0.2) is 0 Å². The lowest BCUT2D eigenvalue weighted by Gasteiger charge is -2.26. The number of nitrogens with zero attached hydrogens (tertiary/aromatic N) is 2. The van der Waals surface area contributed by atoms with E-state index in [1.54, 1.807) is 4.90 Å². The number of para-hydroxylation sites is 1. The van der Waals surface area contributed by atoms with Gasteiger partial charge in [-0.25, -0.2) is 0 Å². The van der Waals surface area contributed by atoms with Crippen LogP contribution < -0.4 is 5.32 Å². The van der Waals surface area contributed by atoms with Crippen LogP contribution in [0.1, 0.15) is 38.8 Å². The van der Waals surface area contributed by atoms with Crippen molar-refractivity contribution in [3.8, 4) is 0 Å². The molecule has 0 aliphatic carbocycles. The highest BCUT2D eigenvalue weighted by atomic mass is 35.5. The molecule has 1 aliphatic heterocycles. The number of nitrogens with one attached hydrogen (secondary N) is 1. The maximum Gasteiger partial charge on any atom is 0.255 e. The smallest absolute Gasteiger partial charge is 0.255 e. The molecule has 5 nitrogen and oxygen atoms in total. The van der Waals surface area contributed by atoms with E-state index in [4.69, 9.17) is 11.6 Å². The Hall–Kier alpha value is -3.57. The highest BCUT2D eigenvalue weighted by Crippen LogP contribution is 2.43. The Morgan fingerprint density at radius 3 is 2.50 bits per heavy atom. The summed E-state index contributed by atoms with van der Waals surface area (Å²) in [7, 11) is 2.04. The Labute approximate surface area is 203 Å². The van der Waals surface area contributed by atoms with Crippen molar-refractivity contribution in [2.75, 3.05) is 13.1 Å². The van der Waals surface area contributed by atoms with E-state index in [2.05, 4.69) is 28.9 Å². The molecule has 34 heavy (non-hydrogen) atoms. The van der Waals surface area contributed by atoms with Gasteiger partial charge < -0.3 is 14.8 Å². The van der Waals surface area contributed by atoms with Crippen LogP contribution >= 0.6 is 11.6 Å². The zero-order valence-electron chi connectivity index (χ0n) is 19.2. The van der Waals surface area contributed by atoms with Crippen LogP contribution in [0.5, 0.6) is 0 Å². The van der Waals surface area contributed by atoms with Crippen LogP contribution in [0.25, 0.3) is 10.9 Å². The largest absolute Gasteiger partial charge is 0.354 e. The summed E-state index contributed by atoms with van der Waals surface area (Å²) in [6.45, 7) is 2.57. The fourth-order valence-electron chi connectivity index (χ4n) is 4.95. The van der Waals surface area contributed by atoms with Gasteiger partial charge in [-0.2, -0.15) is 0 Å². The van der Waals surface area contributed by atoms with Crippen LogP contribution in [0.3, 0.4) is 0 Å². The van der Waals surface area contributed by atoms with Gasteiger partial charge in [0.1, 0.15) is 6.54 Å². The summed E-state index contributed by atoms with van der Waals surface area (Å²) in [5.74, 6) is -0.279. The summed E-state index contributed by atoms with van der Waals surface area (Å²) in [4.78, 5) is 28.1. The molecule has 1 atom stereocenters. The summed E-state index contributed by atoms with van der Waals surface area (Å²) < 4.78 is 2.15. The van der Waals surface area contributed by atoms with Crippen LogP contribution in [-0.4, -0.2) is 34.4 Å². The molecule has 4 aromatic rings. The lowest BCUT2D eigenvalue weighted by molar-refractivity contribution is -0.122. The SMILES string of the molecule is Cc1c([C@H]2c3ccccc3C(=O)N2CC(=O)NCCc2ccc(Cl)cc2)c2ccccc2n1C. The number of amides is 2. The quantitative estimate of drug-likeness (QED) is 0.428. The highest BCUT2D eigenvalue weighted by Gasteiger charge is 2.40. The lowest BCUT2D eigenvalue weighted by Crippen LogP contribution is -2.40. The van der Waals surface area contributed by atoms with Crippen molar-refractivity contribution in [2.45, 2.75) is 19.4 Å². The maximum atomic E-state index is 13.4. The van der Waals surface area contributed by atoms with Crippen LogP contribution in [0.2, 0.25) is 5.02 Å². The van der Waals surface area contributed by atoms with Crippen molar-refractivity contribution >= 4 is 34.3 Å². The molecule has 1 aromatic heterocycles. The number of halogens is 1. The fourth-order valence-corrected chi connectivity index (χ4v) is 5.07. The third-order valence-electron chi connectivity index (χ3n) is 6.74. The molecule has 0 spiro atoms. The Bertz CT molecular complexity index is 1390. The molecule has 0 unspecified atom stereocenters. The molecule has 2 heterocycles. The third kappa shape index (κ3) is 3.86. The summed E-state index contributed by atoms with van der Waals surface area (Å²) in [6.07, 6.45) is 0.697. The van der Waals surface area contributed by atoms with Crippen LogP contribution in [0.4, 0.5) is 0 Å². The van der Waals surface area contributed by atoms with Gasteiger partial charge in [-0.15, -0.1) is 0 Å². The predicted octanol–water partition coefficient (Wildman–Crippen LogP) is 5.04. The van der Waals surface area contributed by atoms with Crippen molar-refractivity contribution in [3.05, 3.63) is 106 Å². The molecular weight excluding hydrogens is 446 g/mol. The maximum absolute atomic E-state index is 13.4. The van der Waals surface area contributed by atoms with Gasteiger partial charge in [-0.1, -0.05) is 60.1 Å². The summed E-state index contributed by atoms with van der Waals surface area (Å²) in [5, 5.41) is 4.77. The van der Waals surface area contributed by atoms with E-state index in [-0.39, 0.29) is 24.4 Å². The minimum Gasteiger partial charge on any atom is -0.354 e. The first kappa shape index (κ1) is 22.2. The van der Waals surface area contributed by atoms with Gasteiger partial charge in [0, 0.05) is 46.3 Å². The van der Waals surface area contributed by atoms with Gasteiger partial charge >= 0.3 is 0 Å². The average Bonchev–Trinajstić information content (AvgIpc) is 3.25. The molecule has 172 valence electrons. The van der Waals surface area contributed by atoms with E-state index in [1.165, 1.54) is 0 Å². The van der Waals surface area contributed by atoms with Gasteiger partial charge in [0.2, 0.25) is 5.91 Å². The zero-order chi connectivity index (χ0) is 23.8. The topological polar surface area (TPSA) is 54.3 Å². The number of aryl methyl sites for hydroxylation is 1. The Kier molecular flexibility index (Phi) is 5.88. The molecule has 3 aromatic carbocycles. The molecule has 1 aliphatic rings. The second-order valence-corrected chi connectivity index (χ2v) is 9.16. The number of fused-ring (bicyclic) bond motifs is 2. The van der Waals surface area contributed by atoms with Crippen LogP contribution in [0.15, 0.2) is 72.8 Å². The van der Waals surface area contributed by atoms with Crippen LogP contribution in [-0.2, 0) is 18.3 Å². The normalized spacial score (nSPS) is 15.1. The van der Waals surface area contributed by atoms with E-state index in [0.29, 0.717) is 23.6 Å². The molecule has 5 rings (SSSR count). The fraction of sp³-hybridized carbons (Fsp3) is 0.214. The third-order valence-corrected chi connectivity index (χ3v) is 7.00. The first-order valence-corrected chi connectivity index (χ1v) is 11.8. The van der Waals surface area contributed by atoms with Crippen molar-refractivity contribution in [1.82, 2.24) is 14.8 Å². The zero-order valence-corrected chi connectivity index (χ0v) is 20.0. The number of hydrogen-bond acceptors (Lipinski definition) is 2. The van der Waals surface area contributed by atoms with Gasteiger partial charge in [-0.05, 0) is 48.7 Å². The lowest BCUT2D eigenvalue weighted by atomic mass is 9.95. The Morgan fingerprint density at radius 2 is 1.71 bits per heavy atom. The summed E-state index contributed by atoms with van der Waals surface area (Å²) in [5.41, 5.74) is 5.97. The number of benzene rings is 3. The van der Waals surface area contributed by atoms with Gasteiger partial charge in [0.25, 0.3) is 5.91 Å². The van der Waals surface area contributed by atoms with E-state index in [9.17, 15) is 9.59 Å².